The lowest BCUT2D eigenvalue weighted by atomic mass is 10.2. The molecule has 0 saturated carbocycles. The summed E-state index contributed by atoms with van der Waals surface area (Å²) in [6.45, 7) is 2.77. The van der Waals surface area contributed by atoms with Crippen LogP contribution in [0.25, 0.3) is 11.4 Å². The van der Waals surface area contributed by atoms with Crippen LogP contribution >= 0.6 is 0 Å². The highest BCUT2D eigenvalue weighted by Gasteiger charge is 2.33. The zero-order chi connectivity index (χ0) is 16.2. The number of methoxy groups -OCH3 is 1. The fourth-order valence-corrected chi connectivity index (χ4v) is 2.93. The maximum atomic E-state index is 12.2. The van der Waals surface area contributed by atoms with Crippen LogP contribution in [0.1, 0.15) is 44.5 Å². The maximum absolute atomic E-state index is 12.2. The molecule has 0 unspecified atom stereocenters. The van der Waals surface area contributed by atoms with Crippen LogP contribution in [0.3, 0.4) is 0 Å². The summed E-state index contributed by atoms with van der Waals surface area (Å²) in [5, 5.41) is 4.07. The lowest BCUT2D eigenvalue weighted by Crippen LogP contribution is -2.30. The van der Waals surface area contributed by atoms with Crippen LogP contribution in [0.5, 0.6) is 5.75 Å². The Labute approximate surface area is 135 Å². The van der Waals surface area contributed by atoms with Crippen molar-refractivity contribution in [3.8, 4) is 17.1 Å². The molecule has 3 rings (SSSR count). The Morgan fingerprint density at radius 2 is 2.35 bits per heavy atom. The van der Waals surface area contributed by atoms with Gasteiger partial charge in [-0.2, -0.15) is 4.98 Å². The minimum absolute atomic E-state index is 0.0964. The normalized spacial score (nSPS) is 17.5. The van der Waals surface area contributed by atoms with Gasteiger partial charge in [0.2, 0.25) is 17.6 Å². The van der Waals surface area contributed by atoms with E-state index in [0.717, 1.165) is 37.1 Å². The average Bonchev–Trinajstić information content (AvgIpc) is 3.24. The van der Waals surface area contributed by atoms with E-state index in [2.05, 4.69) is 10.1 Å². The van der Waals surface area contributed by atoms with E-state index in [1.54, 1.807) is 7.11 Å². The Bertz CT molecular complexity index is 683. The number of rotatable bonds is 5. The summed E-state index contributed by atoms with van der Waals surface area (Å²) in [4.78, 5) is 18.6. The van der Waals surface area contributed by atoms with Crippen molar-refractivity contribution in [1.29, 1.82) is 0 Å². The molecule has 1 atom stereocenters. The van der Waals surface area contributed by atoms with Crippen LogP contribution in [0.2, 0.25) is 0 Å². The number of benzene rings is 1. The van der Waals surface area contributed by atoms with Crippen LogP contribution in [0, 0.1) is 0 Å². The van der Waals surface area contributed by atoms with Crippen molar-refractivity contribution < 1.29 is 14.1 Å². The third-order valence-corrected chi connectivity index (χ3v) is 4.09. The summed E-state index contributed by atoms with van der Waals surface area (Å²) < 4.78 is 10.7. The molecule has 1 aromatic heterocycles. The monoisotopic (exact) mass is 315 g/mol. The van der Waals surface area contributed by atoms with Crippen LogP contribution < -0.4 is 4.74 Å². The van der Waals surface area contributed by atoms with E-state index in [1.165, 1.54) is 0 Å². The third-order valence-electron chi connectivity index (χ3n) is 4.09. The third kappa shape index (κ3) is 3.21. The van der Waals surface area contributed by atoms with Gasteiger partial charge in [-0.1, -0.05) is 24.2 Å². The number of nitrogens with zero attached hydrogens (tertiary/aromatic N) is 3. The first kappa shape index (κ1) is 15.5. The van der Waals surface area contributed by atoms with E-state index in [4.69, 9.17) is 9.26 Å². The summed E-state index contributed by atoms with van der Waals surface area (Å²) in [5.41, 5.74) is 0.837. The molecule has 1 aliphatic heterocycles. The summed E-state index contributed by atoms with van der Waals surface area (Å²) in [6.07, 6.45) is 3.25. The molecule has 0 aliphatic carbocycles. The van der Waals surface area contributed by atoms with Gasteiger partial charge >= 0.3 is 0 Å². The zero-order valence-electron chi connectivity index (χ0n) is 13.5. The number of hydrogen-bond acceptors (Lipinski definition) is 5. The first-order chi connectivity index (χ1) is 11.2. The number of likely N-dealkylation sites (tertiary alicyclic amines) is 1. The number of ether oxygens (including phenoxy) is 1. The predicted octanol–water partition coefficient (Wildman–Crippen LogP) is 3.21. The number of carbonyl (C=O) groups excluding carboxylic acids is 1. The number of amides is 1. The molecule has 1 fully saturated rings. The van der Waals surface area contributed by atoms with Crippen molar-refractivity contribution in [2.24, 2.45) is 0 Å². The quantitative estimate of drug-likeness (QED) is 0.847. The van der Waals surface area contributed by atoms with Crippen molar-refractivity contribution >= 4 is 5.91 Å². The fourth-order valence-electron chi connectivity index (χ4n) is 2.93. The summed E-state index contributed by atoms with van der Waals surface area (Å²) in [6, 6.07) is 7.43. The summed E-state index contributed by atoms with van der Waals surface area (Å²) in [5.74, 6) is 1.95. The SMILES string of the molecule is CCCC(=O)N1CCC[C@H]1c1nc(-c2cccc(OC)c2)no1. The molecule has 0 spiro atoms. The van der Waals surface area contributed by atoms with Crippen molar-refractivity contribution in [3.63, 3.8) is 0 Å². The van der Waals surface area contributed by atoms with E-state index < -0.39 is 0 Å². The smallest absolute Gasteiger partial charge is 0.249 e. The highest BCUT2D eigenvalue weighted by Crippen LogP contribution is 2.33. The van der Waals surface area contributed by atoms with Crippen molar-refractivity contribution in [3.05, 3.63) is 30.2 Å². The van der Waals surface area contributed by atoms with Crippen LogP contribution in [-0.2, 0) is 4.79 Å². The largest absolute Gasteiger partial charge is 0.497 e. The minimum Gasteiger partial charge on any atom is -0.497 e. The van der Waals surface area contributed by atoms with Gasteiger partial charge < -0.3 is 14.2 Å². The van der Waals surface area contributed by atoms with Crippen LogP contribution in [-0.4, -0.2) is 34.6 Å². The van der Waals surface area contributed by atoms with E-state index in [1.807, 2.05) is 36.1 Å². The maximum Gasteiger partial charge on any atom is 0.249 e. The van der Waals surface area contributed by atoms with Gasteiger partial charge in [-0.15, -0.1) is 0 Å². The number of hydrogen-bond donors (Lipinski definition) is 0. The molecular weight excluding hydrogens is 294 g/mol. The second-order valence-electron chi connectivity index (χ2n) is 5.68. The van der Waals surface area contributed by atoms with Gasteiger partial charge in [0.1, 0.15) is 11.8 Å². The van der Waals surface area contributed by atoms with Crippen molar-refractivity contribution in [2.75, 3.05) is 13.7 Å². The van der Waals surface area contributed by atoms with Gasteiger partial charge in [-0.25, -0.2) is 0 Å². The minimum atomic E-state index is -0.0964. The van der Waals surface area contributed by atoms with E-state index in [0.29, 0.717) is 18.1 Å². The van der Waals surface area contributed by atoms with Crippen LogP contribution in [0.15, 0.2) is 28.8 Å². The van der Waals surface area contributed by atoms with Gasteiger partial charge in [0.05, 0.1) is 7.11 Å². The molecular formula is C17H21N3O3. The molecule has 2 heterocycles. The van der Waals surface area contributed by atoms with E-state index in [9.17, 15) is 4.79 Å². The zero-order valence-corrected chi connectivity index (χ0v) is 13.5. The van der Waals surface area contributed by atoms with Crippen molar-refractivity contribution in [1.82, 2.24) is 15.0 Å². The first-order valence-electron chi connectivity index (χ1n) is 8.00. The molecule has 2 aromatic rings. The predicted molar refractivity (Wildman–Crippen MR) is 84.9 cm³/mol. The molecule has 1 saturated heterocycles. The van der Waals surface area contributed by atoms with Gasteiger partial charge in [-0.3, -0.25) is 4.79 Å². The molecule has 1 amide bonds. The molecule has 1 aliphatic rings. The van der Waals surface area contributed by atoms with Gasteiger partial charge in [0.15, 0.2) is 0 Å². The highest BCUT2D eigenvalue weighted by atomic mass is 16.5. The van der Waals surface area contributed by atoms with Gasteiger partial charge in [-0.05, 0) is 31.4 Å². The second kappa shape index (κ2) is 6.81. The van der Waals surface area contributed by atoms with Crippen LogP contribution in [0.4, 0.5) is 0 Å². The number of carbonyl (C=O) groups is 1. The van der Waals surface area contributed by atoms with Gasteiger partial charge in [0.25, 0.3) is 0 Å². The Morgan fingerprint density at radius 3 is 3.13 bits per heavy atom. The van der Waals surface area contributed by atoms with E-state index in [-0.39, 0.29) is 11.9 Å². The van der Waals surface area contributed by atoms with Crippen molar-refractivity contribution in [2.45, 2.75) is 38.6 Å². The lowest BCUT2D eigenvalue weighted by Gasteiger charge is -2.21. The van der Waals surface area contributed by atoms with E-state index >= 15 is 0 Å². The molecule has 0 bridgehead atoms. The molecule has 122 valence electrons. The molecule has 6 heteroatoms. The Hall–Kier alpha value is -2.37. The summed E-state index contributed by atoms with van der Waals surface area (Å²) >= 11 is 0. The average molecular weight is 315 g/mol. The molecule has 6 nitrogen and oxygen atoms in total. The standard InChI is InChI=1S/C17H21N3O3/c1-3-6-15(21)20-10-5-9-14(20)17-18-16(19-23-17)12-7-4-8-13(11-12)22-2/h4,7-8,11,14H,3,5-6,9-10H2,1-2H3/t14-/m0/s1. The Balaban J connectivity index is 1.82. The Morgan fingerprint density at radius 1 is 1.48 bits per heavy atom. The second-order valence-corrected chi connectivity index (χ2v) is 5.68. The highest BCUT2D eigenvalue weighted by molar-refractivity contribution is 5.76. The molecule has 1 aromatic carbocycles. The molecule has 0 N–H and O–H groups in total. The topological polar surface area (TPSA) is 68.5 Å². The molecule has 23 heavy (non-hydrogen) atoms. The molecule has 0 radical (unpaired) electrons. The van der Waals surface area contributed by atoms with Gasteiger partial charge in [0, 0.05) is 18.5 Å². The lowest BCUT2D eigenvalue weighted by molar-refractivity contribution is -0.132. The number of aromatic nitrogens is 2. The first-order valence-corrected chi connectivity index (χ1v) is 8.00. The fraction of sp³-hybridized carbons (Fsp3) is 0.471. The Kier molecular flexibility index (Phi) is 4.60. The summed E-state index contributed by atoms with van der Waals surface area (Å²) in [7, 11) is 1.62.